The highest BCUT2D eigenvalue weighted by molar-refractivity contribution is 7.89. The van der Waals surface area contributed by atoms with Gasteiger partial charge in [-0.1, -0.05) is 18.6 Å². The van der Waals surface area contributed by atoms with Crippen LogP contribution in [-0.2, 0) is 21.4 Å². The molecule has 1 fully saturated rings. The smallest absolute Gasteiger partial charge is 0.244 e. The second-order valence-corrected chi connectivity index (χ2v) is 8.11. The molecule has 1 N–H and O–H groups in total. The van der Waals surface area contributed by atoms with Crippen LogP contribution in [0.5, 0.6) is 0 Å². The number of sulfonamides is 1. The van der Waals surface area contributed by atoms with Gasteiger partial charge in [-0.2, -0.15) is 4.31 Å². The van der Waals surface area contributed by atoms with E-state index in [-0.39, 0.29) is 5.91 Å². The van der Waals surface area contributed by atoms with Crippen LogP contribution in [0.2, 0.25) is 0 Å². The monoisotopic (exact) mass is 374 g/mol. The van der Waals surface area contributed by atoms with Crippen LogP contribution < -0.4 is 5.32 Å². The van der Waals surface area contributed by atoms with Crippen LogP contribution in [0.3, 0.4) is 0 Å². The number of furan rings is 1. The topological polar surface area (TPSA) is 79.6 Å². The Labute approximate surface area is 153 Å². The van der Waals surface area contributed by atoms with Crippen LogP contribution in [0.25, 0.3) is 6.08 Å². The molecule has 26 heavy (non-hydrogen) atoms. The number of nitrogens with zero attached hydrogens (tertiary/aromatic N) is 1. The normalized spacial score (nSPS) is 16.0. The Kier molecular flexibility index (Phi) is 5.90. The van der Waals surface area contributed by atoms with Crippen LogP contribution in [-0.4, -0.2) is 31.7 Å². The Morgan fingerprint density at radius 1 is 1.12 bits per heavy atom. The summed E-state index contributed by atoms with van der Waals surface area (Å²) in [6.07, 6.45) is 7.43. The molecule has 0 radical (unpaired) electrons. The van der Waals surface area contributed by atoms with Crippen LogP contribution in [0, 0.1) is 0 Å². The first-order valence-corrected chi connectivity index (χ1v) is 10.1. The molecule has 0 unspecified atom stereocenters. The van der Waals surface area contributed by atoms with E-state index in [4.69, 9.17) is 4.42 Å². The molecule has 1 aromatic carbocycles. The van der Waals surface area contributed by atoms with Crippen molar-refractivity contribution >= 4 is 22.0 Å². The Morgan fingerprint density at radius 3 is 2.50 bits per heavy atom. The average Bonchev–Trinajstić information content (AvgIpc) is 3.19. The number of carbonyl (C=O) groups excluding carboxylic acids is 1. The van der Waals surface area contributed by atoms with Gasteiger partial charge in [0, 0.05) is 25.7 Å². The molecule has 2 aromatic rings. The van der Waals surface area contributed by atoms with Gasteiger partial charge in [0.25, 0.3) is 0 Å². The lowest BCUT2D eigenvalue weighted by Gasteiger charge is -2.25. The molecule has 1 amide bonds. The van der Waals surface area contributed by atoms with E-state index in [9.17, 15) is 13.2 Å². The summed E-state index contributed by atoms with van der Waals surface area (Å²) in [4.78, 5) is 12.1. The van der Waals surface area contributed by atoms with Crippen molar-refractivity contribution in [1.82, 2.24) is 9.62 Å². The molecule has 0 bridgehead atoms. The van der Waals surface area contributed by atoms with E-state index < -0.39 is 10.0 Å². The minimum atomic E-state index is -3.42. The van der Waals surface area contributed by atoms with Crippen molar-refractivity contribution in [3.05, 3.63) is 60.1 Å². The molecule has 1 aliphatic heterocycles. The summed E-state index contributed by atoms with van der Waals surface area (Å²) in [6, 6.07) is 10.2. The first kappa shape index (κ1) is 18.4. The van der Waals surface area contributed by atoms with E-state index in [0.29, 0.717) is 30.3 Å². The summed E-state index contributed by atoms with van der Waals surface area (Å²) in [6.45, 7) is 1.50. The zero-order valence-electron chi connectivity index (χ0n) is 14.4. The van der Waals surface area contributed by atoms with Gasteiger partial charge in [-0.05, 0) is 48.7 Å². The number of hydrogen-bond donors (Lipinski definition) is 1. The minimum absolute atomic E-state index is 0.244. The van der Waals surface area contributed by atoms with Crippen molar-refractivity contribution in [1.29, 1.82) is 0 Å². The fraction of sp³-hybridized carbons (Fsp3) is 0.316. The highest BCUT2D eigenvalue weighted by Crippen LogP contribution is 2.20. The Balaban J connectivity index is 1.56. The summed E-state index contributed by atoms with van der Waals surface area (Å²) in [7, 11) is -3.42. The second kappa shape index (κ2) is 8.33. The molecular weight excluding hydrogens is 352 g/mol. The van der Waals surface area contributed by atoms with Crippen molar-refractivity contribution in [3.63, 3.8) is 0 Å². The third-order valence-corrected chi connectivity index (χ3v) is 6.20. The molecular formula is C19H22N2O4S. The summed E-state index contributed by atoms with van der Waals surface area (Å²) in [5.41, 5.74) is 0.836. The van der Waals surface area contributed by atoms with E-state index in [1.807, 2.05) is 0 Å². The maximum Gasteiger partial charge on any atom is 0.244 e. The van der Waals surface area contributed by atoms with E-state index >= 15 is 0 Å². The molecule has 0 saturated carbocycles. The van der Waals surface area contributed by atoms with E-state index in [0.717, 1.165) is 24.8 Å². The number of nitrogens with one attached hydrogen (secondary N) is 1. The van der Waals surface area contributed by atoms with Crippen LogP contribution >= 0.6 is 0 Å². The third-order valence-electron chi connectivity index (χ3n) is 4.29. The molecule has 0 aliphatic carbocycles. The highest BCUT2D eigenvalue weighted by Gasteiger charge is 2.25. The molecule has 1 aromatic heterocycles. The van der Waals surface area contributed by atoms with Crippen LogP contribution in [0.15, 0.2) is 58.1 Å². The molecule has 7 heteroatoms. The number of rotatable bonds is 6. The summed E-state index contributed by atoms with van der Waals surface area (Å²) >= 11 is 0. The zero-order chi connectivity index (χ0) is 18.4. The fourth-order valence-electron chi connectivity index (χ4n) is 2.83. The first-order valence-electron chi connectivity index (χ1n) is 8.64. The Morgan fingerprint density at radius 2 is 1.85 bits per heavy atom. The van der Waals surface area contributed by atoms with Crippen molar-refractivity contribution in [2.24, 2.45) is 0 Å². The van der Waals surface area contributed by atoms with Gasteiger partial charge in [-0.3, -0.25) is 4.79 Å². The maximum atomic E-state index is 12.6. The number of hydrogen-bond acceptors (Lipinski definition) is 4. The Hall–Kier alpha value is -2.38. The number of piperidine rings is 1. The van der Waals surface area contributed by atoms with E-state index in [2.05, 4.69) is 5.32 Å². The molecule has 138 valence electrons. The van der Waals surface area contributed by atoms with Gasteiger partial charge in [0.1, 0.15) is 5.76 Å². The lowest BCUT2D eigenvalue weighted by atomic mass is 10.2. The molecule has 3 rings (SSSR count). The third kappa shape index (κ3) is 4.62. The van der Waals surface area contributed by atoms with Gasteiger partial charge >= 0.3 is 0 Å². The van der Waals surface area contributed by atoms with Crippen LogP contribution in [0.1, 0.15) is 30.6 Å². The van der Waals surface area contributed by atoms with Crippen molar-refractivity contribution < 1.29 is 17.6 Å². The van der Waals surface area contributed by atoms with Gasteiger partial charge in [0.05, 0.1) is 11.2 Å². The quantitative estimate of drug-likeness (QED) is 0.789. The Bertz CT molecular complexity index is 849. The standard InChI is InChI=1S/C19H22N2O4S/c22-19(11-8-17-5-4-14-25-17)20-15-16-6-9-18(10-7-16)26(23,24)21-12-2-1-3-13-21/h4-11,14H,1-3,12-13,15H2,(H,20,22). The second-order valence-electron chi connectivity index (χ2n) is 6.18. The lowest BCUT2D eigenvalue weighted by molar-refractivity contribution is -0.116. The minimum Gasteiger partial charge on any atom is -0.465 e. The molecule has 6 nitrogen and oxygen atoms in total. The predicted octanol–water partition coefficient (Wildman–Crippen LogP) is 2.78. The zero-order valence-corrected chi connectivity index (χ0v) is 15.2. The number of carbonyl (C=O) groups is 1. The van der Waals surface area contributed by atoms with Crippen molar-refractivity contribution in [3.8, 4) is 0 Å². The molecule has 0 atom stereocenters. The summed E-state index contributed by atoms with van der Waals surface area (Å²) in [5, 5.41) is 2.76. The average molecular weight is 374 g/mol. The highest BCUT2D eigenvalue weighted by atomic mass is 32.2. The fourth-order valence-corrected chi connectivity index (χ4v) is 4.34. The van der Waals surface area contributed by atoms with Gasteiger partial charge in [-0.15, -0.1) is 0 Å². The maximum absolute atomic E-state index is 12.6. The van der Waals surface area contributed by atoms with Crippen molar-refractivity contribution in [2.75, 3.05) is 13.1 Å². The van der Waals surface area contributed by atoms with Crippen molar-refractivity contribution in [2.45, 2.75) is 30.7 Å². The lowest BCUT2D eigenvalue weighted by Crippen LogP contribution is -2.35. The summed E-state index contributed by atoms with van der Waals surface area (Å²) < 4.78 is 31.9. The van der Waals surface area contributed by atoms with E-state index in [1.165, 1.54) is 12.3 Å². The van der Waals surface area contributed by atoms with Gasteiger partial charge < -0.3 is 9.73 Å². The summed E-state index contributed by atoms with van der Waals surface area (Å²) in [5.74, 6) is 0.360. The van der Waals surface area contributed by atoms with Gasteiger partial charge in [0.15, 0.2) is 0 Å². The van der Waals surface area contributed by atoms with E-state index in [1.54, 1.807) is 46.8 Å². The largest absolute Gasteiger partial charge is 0.465 e. The van der Waals surface area contributed by atoms with Crippen LogP contribution in [0.4, 0.5) is 0 Å². The molecule has 1 aliphatic rings. The van der Waals surface area contributed by atoms with Gasteiger partial charge in [0.2, 0.25) is 15.9 Å². The molecule has 2 heterocycles. The first-order chi connectivity index (χ1) is 12.6. The molecule has 0 spiro atoms. The molecule has 1 saturated heterocycles. The number of amides is 1. The number of benzene rings is 1. The van der Waals surface area contributed by atoms with Gasteiger partial charge in [-0.25, -0.2) is 8.42 Å². The predicted molar refractivity (Wildman–Crippen MR) is 98.6 cm³/mol. The SMILES string of the molecule is O=C(C=Cc1ccco1)NCc1ccc(S(=O)(=O)N2CCCCC2)cc1.